The molecule has 0 aliphatic rings. The molecule has 0 atom stereocenters. The van der Waals surface area contributed by atoms with E-state index in [0.717, 1.165) is 5.56 Å². The molecule has 4 rings (SSSR count). The van der Waals surface area contributed by atoms with Crippen LogP contribution in [-0.2, 0) is 0 Å². The van der Waals surface area contributed by atoms with Gasteiger partial charge < -0.3 is 0 Å². The second-order valence-electron chi connectivity index (χ2n) is 5.56. The summed E-state index contributed by atoms with van der Waals surface area (Å²) in [5.41, 5.74) is 2.39. The lowest BCUT2D eigenvalue weighted by atomic mass is 10.2. The van der Waals surface area contributed by atoms with Crippen molar-refractivity contribution in [2.24, 2.45) is 0 Å². The van der Waals surface area contributed by atoms with Crippen molar-refractivity contribution >= 4 is 41.0 Å². The lowest BCUT2D eigenvalue weighted by molar-refractivity contribution is 0.763. The zero-order valence-corrected chi connectivity index (χ0v) is 14.9. The van der Waals surface area contributed by atoms with Crippen molar-refractivity contribution in [3.8, 4) is 5.69 Å². The molecule has 4 aromatic rings. The summed E-state index contributed by atoms with van der Waals surface area (Å²) < 4.78 is 3.08. The largest absolute Gasteiger partial charge is 0.273 e. The van der Waals surface area contributed by atoms with Crippen molar-refractivity contribution in [3.05, 3.63) is 92.7 Å². The van der Waals surface area contributed by atoms with Crippen LogP contribution in [0.2, 0.25) is 10.0 Å². The standard InChI is InChI=1S/C19H12Cl2N4O/c20-14-4-6-16(21)17(10-14)24-9-7-18-23-15(11-19(26)25(18)24)5-3-13-2-1-8-22-12-13/h1-12H. The molecule has 3 aromatic heterocycles. The third-order valence-corrected chi connectivity index (χ3v) is 4.36. The number of nitrogens with zero attached hydrogens (tertiary/aromatic N) is 4. The number of hydrogen-bond donors (Lipinski definition) is 0. The number of halogens is 2. The van der Waals surface area contributed by atoms with Crippen LogP contribution in [0.25, 0.3) is 23.5 Å². The molecular weight excluding hydrogens is 371 g/mol. The van der Waals surface area contributed by atoms with Crippen LogP contribution in [0.3, 0.4) is 0 Å². The number of rotatable bonds is 3. The normalized spacial score (nSPS) is 11.5. The van der Waals surface area contributed by atoms with E-state index in [0.29, 0.717) is 27.1 Å². The molecule has 5 nitrogen and oxygen atoms in total. The Balaban J connectivity index is 1.80. The highest BCUT2D eigenvalue weighted by Crippen LogP contribution is 2.24. The smallest absolute Gasteiger partial charge is 0.267 e. The third kappa shape index (κ3) is 3.14. The van der Waals surface area contributed by atoms with Gasteiger partial charge in [0.05, 0.1) is 16.4 Å². The van der Waals surface area contributed by atoms with Gasteiger partial charge in [0.1, 0.15) is 0 Å². The lowest BCUT2D eigenvalue weighted by Crippen LogP contribution is -2.20. The SMILES string of the molecule is O=c1cc(C=Cc2cccnc2)nc2ccn(-c3cc(Cl)ccc3Cl)n12. The highest BCUT2D eigenvalue weighted by atomic mass is 35.5. The molecule has 26 heavy (non-hydrogen) atoms. The van der Waals surface area contributed by atoms with Gasteiger partial charge in [-0.3, -0.25) is 14.5 Å². The van der Waals surface area contributed by atoms with E-state index in [9.17, 15) is 4.79 Å². The molecule has 3 heterocycles. The van der Waals surface area contributed by atoms with E-state index in [2.05, 4.69) is 9.97 Å². The second-order valence-corrected chi connectivity index (χ2v) is 6.41. The molecule has 1 aromatic carbocycles. The molecule has 0 saturated heterocycles. The van der Waals surface area contributed by atoms with Crippen LogP contribution in [0.4, 0.5) is 0 Å². The fraction of sp³-hybridized carbons (Fsp3) is 0. The molecule has 0 fully saturated rings. The molecule has 128 valence electrons. The summed E-state index contributed by atoms with van der Waals surface area (Å²) in [5, 5.41) is 1.02. The third-order valence-electron chi connectivity index (χ3n) is 3.81. The molecule has 0 radical (unpaired) electrons. The fourth-order valence-electron chi connectivity index (χ4n) is 2.63. The Morgan fingerprint density at radius 2 is 1.92 bits per heavy atom. The van der Waals surface area contributed by atoms with Crippen molar-refractivity contribution in [3.63, 3.8) is 0 Å². The Hall–Kier alpha value is -2.89. The Morgan fingerprint density at radius 1 is 1.04 bits per heavy atom. The lowest BCUT2D eigenvalue weighted by Gasteiger charge is -2.09. The van der Waals surface area contributed by atoms with Crippen molar-refractivity contribution in [1.29, 1.82) is 0 Å². The maximum atomic E-state index is 12.6. The van der Waals surface area contributed by atoms with E-state index in [-0.39, 0.29) is 5.56 Å². The second kappa shape index (κ2) is 6.78. The quantitative estimate of drug-likeness (QED) is 0.528. The molecule has 7 heteroatoms. The first kappa shape index (κ1) is 16.6. The topological polar surface area (TPSA) is 52.2 Å². The summed E-state index contributed by atoms with van der Waals surface area (Å²) >= 11 is 12.3. The van der Waals surface area contributed by atoms with Gasteiger partial charge in [0, 0.05) is 35.7 Å². The number of fused-ring (bicyclic) bond motifs is 1. The van der Waals surface area contributed by atoms with E-state index in [1.807, 2.05) is 18.2 Å². The fourth-order valence-corrected chi connectivity index (χ4v) is 3.00. The van der Waals surface area contributed by atoms with Gasteiger partial charge in [-0.25, -0.2) is 4.98 Å². The van der Waals surface area contributed by atoms with Crippen LogP contribution in [0, 0.1) is 0 Å². The first-order chi connectivity index (χ1) is 12.6. The van der Waals surface area contributed by atoms with Crippen LogP contribution in [0.1, 0.15) is 11.3 Å². The Morgan fingerprint density at radius 3 is 2.73 bits per heavy atom. The highest BCUT2D eigenvalue weighted by Gasteiger charge is 2.10. The monoisotopic (exact) mass is 382 g/mol. The van der Waals surface area contributed by atoms with E-state index >= 15 is 0 Å². The average molecular weight is 383 g/mol. The van der Waals surface area contributed by atoms with E-state index in [1.165, 1.54) is 10.6 Å². The van der Waals surface area contributed by atoms with Gasteiger partial charge in [-0.05, 0) is 35.9 Å². The molecule has 0 N–H and O–H groups in total. The minimum Gasteiger partial charge on any atom is -0.267 e. The summed E-state index contributed by atoms with van der Waals surface area (Å²) in [6.07, 6.45) is 8.81. The van der Waals surface area contributed by atoms with Gasteiger partial charge in [0.25, 0.3) is 5.56 Å². The predicted octanol–water partition coefficient (Wildman–Crippen LogP) is 4.36. The van der Waals surface area contributed by atoms with Crippen molar-refractivity contribution in [1.82, 2.24) is 19.2 Å². The Kier molecular flexibility index (Phi) is 4.32. The zero-order valence-electron chi connectivity index (χ0n) is 13.4. The summed E-state index contributed by atoms with van der Waals surface area (Å²) in [6, 6.07) is 12.1. The number of hydrogen-bond acceptors (Lipinski definition) is 3. The van der Waals surface area contributed by atoms with Crippen LogP contribution >= 0.6 is 23.2 Å². The average Bonchev–Trinajstić information content (AvgIpc) is 3.07. The van der Waals surface area contributed by atoms with Crippen molar-refractivity contribution < 1.29 is 0 Å². The van der Waals surface area contributed by atoms with Crippen LogP contribution < -0.4 is 5.56 Å². The van der Waals surface area contributed by atoms with Crippen molar-refractivity contribution in [2.75, 3.05) is 0 Å². The summed E-state index contributed by atoms with van der Waals surface area (Å²) in [4.78, 5) is 21.2. The summed E-state index contributed by atoms with van der Waals surface area (Å²) in [5.74, 6) is 0. The molecule has 0 bridgehead atoms. The molecule has 0 spiro atoms. The summed E-state index contributed by atoms with van der Waals surface area (Å²) in [7, 11) is 0. The molecule has 0 amide bonds. The Bertz CT molecular complexity index is 1180. The maximum absolute atomic E-state index is 12.6. The van der Waals surface area contributed by atoms with Gasteiger partial charge in [-0.15, -0.1) is 0 Å². The van der Waals surface area contributed by atoms with E-state index in [1.54, 1.807) is 53.6 Å². The number of benzene rings is 1. The van der Waals surface area contributed by atoms with Gasteiger partial charge >= 0.3 is 0 Å². The maximum Gasteiger partial charge on any atom is 0.273 e. The predicted molar refractivity (Wildman–Crippen MR) is 104 cm³/mol. The van der Waals surface area contributed by atoms with Gasteiger partial charge in [-0.2, -0.15) is 4.52 Å². The Labute approximate surface area is 158 Å². The van der Waals surface area contributed by atoms with Gasteiger partial charge in [0.2, 0.25) is 0 Å². The highest BCUT2D eigenvalue weighted by molar-refractivity contribution is 6.34. The molecule has 0 saturated carbocycles. The van der Waals surface area contributed by atoms with Gasteiger partial charge in [0.15, 0.2) is 5.65 Å². The van der Waals surface area contributed by atoms with E-state index in [4.69, 9.17) is 23.2 Å². The first-order valence-electron chi connectivity index (χ1n) is 7.77. The zero-order chi connectivity index (χ0) is 18.1. The van der Waals surface area contributed by atoms with Crippen LogP contribution in [0.5, 0.6) is 0 Å². The minimum absolute atomic E-state index is 0.220. The van der Waals surface area contributed by atoms with Crippen molar-refractivity contribution in [2.45, 2.75) is 0 Å². The van der Waals surface area contributed by atoms with E-state index < -0.39 is 0 Å². The molecular formula is C19H12Cl2N4O. The number of pyridine rings is 1. The van der Waals surface area contributed by atoms with Crippen LogP contribution in [-0.4, -0.2) is 19.2 Å². The van der Waals surface area contributed by atoms with Crippen LogP contribution in [0.15, 0.2) is 65.8 Å². The first-order valence-corrected chi connectivity index (χ1v) is 8.52. The summed E-state index contributed by atoms with van der Waals surface area (Å²) in [6.45, 7) is 0. The number of aromatic nitrogens is 4. The van der Waals surface area contributed by atoms with Gasteiger partial charge in [-0.1, -0.05) is 35.3 Å². The molecule has 0 aliphatic carbocycles. The molecule has 0 aliphatic heterocycles. The molecule has 0 unspecified atom stereocenters. The minimum atomic E-state index is -0.220.